The average Bonchev–Trinajstić information content (AvgIpc) is 3.04. The summed E-state index contributed by atoms with van der Waals surface area (Å²) in [5.74, 6) is -1.32. The van der Waals surface area contributed by atoms with Crippen LogP contribution in [0.3, 0.4) is 0 Å². The highest BCUT2D eigenvalue weighted by Crippen LogP contribution is 2.16. The van der Waals surface area contributed by atoms with E-state index in [1.54, 1.807) is 0 Å². The lowest BCUT2D eigenvalue weighted by molar-refractivity contribution is -0.147. The van der Waals surface area contributed by atoms with Gasteiger partial charge >= 0.3 is 11.9 Å². The zero-order valence-electron chi connectivity index (χ0n) is 30.4. The first-order valence-electron chi connectivity index (χ1n) is 19.8. The SMILES string of the molecule is CCCCCC/C=C\C(CCCCCCC(=O)NCC(=O)O)OC(=O)CCCCCCCCCCCCCCCCCCCCC. The van der Waals surface area contributed by atoms with E-state index in [0.717, 1.165) is 51.4 Å². The molecule has 0 heterocycles. The Labute approximate surface area is 284 Å². The molecule has 0 radical (unpaired) electrons. The molecule has 2 N–H and O–H groups in total. The summed E-state index contributed by atoms with van der Waals surface area (Å²) in [6, 6.07) is 0. The van der Waals surface area contributed by atoms with Crippen molar-refractivity contribution < 1.29 is 24.2 Å². The lowest BCUT2D eigenvalue weighted by Crippen LogP contribution is -2.28. The topological polar surface area (TPSA) is 92.7 Å². The van der Waals surface area contributed by atoms with Crippen LogP contribution in [-0.2, 0) is 19.1 Å². The summed E-state index contributed by atoms with van der Waals surface area (Å²) < 4.78 is 5.87. The Morgan fingerprint density at radius 2 is 0.978 bits per heavy atom. The van der Waals surface area contributed by atoms with Crippen LogP contribution in [0.4, 0.5) is 0 Å². The van der Waals surface area contributed by atoms with Crippen molar-refractivity contribution in [3.8, 4) is 0 Å². The maximum Gasteiger partial charge on any atom is 0.322 e. The number of rotatable bonds is 36. The normalized spacial score (nSPS) is 12.0. The second-order valence-electron chi connectivity index (χ2n) is 13.5. The summed E-state index contributed by atoms with van der Waals surface area (Å²) in [5.41, 5.74) is 0. The van der Waals surface area contributed by atoms with Crippen LogP contribution in [0.15, 0.2) is 12.2 Å². The summed E-state index contributed by atoms with van der Waals surface area (Å²) in [7, 11) is 0. The number of unbranched alkanes of at least 4 members (excludes halogenated alkanes) is 25. The highest BCUT2D eigenvalue weighted by Gasteiger charge is 2.12. The van der Waals surface area contributed by atoms with Gasteiger partial charge in [0.2, 0.25) is 5.91 Å². The first kappa shape index (κ1) is 44.1. The standard InChI is InChI=1S/C40H75NO5/c1-3-5-7-9-11-12-13-14-15-16-17-18-19-20-21-22-23-25-31-35-40(45)46-37(32-28-24-10-8-6-4-2)33-29-26-27-30-34-38(42)41-36-39(43)44/h28,32,37H,3-27,29-31,33-36H2,1-2H3,(H,41,42)(H,43,44)/b32-28-. The van der Waals surface area contributed by atoms with Gasteiger partial charge in [0.05, 0.1) is 0 Å². The van der Waals surface area contributed by atoms with Crippen LogP contribution in [0, 0.1) is 0 Å². The van der Waals surface area contributed by atoms with Crippen molar-refractivity contribution in [2.45, 2.75) is 219 Å². The predicted octanol–water partition coefficient (Wildman–Crippen LogP) is 11.8. The molecule has 0 fully saturated rings. The van der Waals surface area contributed by atoms with E-state index in [1.807, 2.05) is 0 Å². The van der Waals surface area contributed by atoms with Crippen LogP contribution in [0.5, 0.6) is 0 Å². The summed E-state index contributed by atoms with van der Waals surface area (Å²) in [6.07, 6.45) is 40.8. The third kappa shape index (κ3) is 35.0. The molecule has 0 aliphatic rings. The summed E-state index contributed by atoms with van der Waals surface area (Å²) in [6.45, 7) is 4.18. The number of amides is 1. The second-order valence-corrected chi connectivity index (χ2v) is 13.5. The second kappa shape index (κ2) is 36.0. The van der Waals surface area contributed by atoms with Gasteiger partial charge in [-0.15, -0.1) is 0 Å². The van der Waals surface area contributed by atoms with Gasteiger partial charge in [0, 0.05) is 12.8 Å². The van der Waals surface area contributed by atoms with Crippen LogP contribution in [-0.4, -0.2) is 35.6 Å². The van der Waals surface area contributed by atoms with Crippen LogP contribution in [0.25, 0.3) is 0 Å². The fourth-order valence-corrected chi connectivity index (χ4v) is 5.95. The molecule has 0 aromatic heterocycles. The Balaban J connectivity index is 3.90. The highest BCUT2D eigenvalue weighted by molar-refractivity contribution is 5.80. The van der Waals surface area contributed by atoms with Crippen molar-refractivity contribution in [2.75, 3.05) is 6.54 Å². The molecule has 0 spiro atoms. The first-order chi connectivity index (χ1) is 22.5. The number of hydrogen-bond donors (Lipinski definition) is 2. The third-order valence-electron chi connectivity index (χ3n) is 8.92. The molecule has 0 saturated heterocycles. The molecule has 0 aromatic rings. The van der Waals surface area contributed by atoms with Crippen molar-refractivity contribution in [1.82, 2.24) is 5.32 Å². The van der Waals surface area contributed by atoms with Crippen molar-refractivity contribution in [1.29, 1.82) is 0 Å². The number of carbonyl (C=O) groups excluding carboxylic acids is 2. The third-order valence-corrected chi connectivity index (χ3v) is 8.92. The molecule has 0 saturated carbocycles. The Hall–Kier alpha value is -1.85. The van der Waals surface area contributed by atoms with Crippen LogP contribution >= 0.6 is 0 Å². The van der Waals surface area contributed by atoms with E-state index in [-0.39, 0.29) is 24.5 Å². The van der Waals surface area contributed by atoms with Crippen molar-refractivity contribution in [3.63, 3.8) is 0 Å². The highest BCUT2D eigenvalue weighted by atomic mass is 16.5. The van der Waals surface area contributed by atoms with E-state index >= 15 is 0 Å². The van der Waals surface area contributed by atoms with Crippen molar-refractivity contribution in [2.24, 2.45) is 0 Å². The number of hydrogen-bond acceptors (Lipinski definition) is 4. The number of esters is 1. The van der Waals surface area contributed by atoms with Gasteiger partial charge in [0.15, 0.2) is 0 Å². The fraction of sp³-hybridized carbons (Fsp3) is 0.875. The van der Waals surface area contributed by atoms with Crippen LogP contribution in [0.2, 0.25) is 0 Å². The van der Waals surface area contributed by atoms with E-state index in [2.05, 4.69) is 31.3 Å². The minimum atomic E-state index is -1.03. The number of ether oxygens (including phenoxy) is 1. The van der Waals surface area contributed by atoms with E-state index in [4.69, 9.17) is 9.84 Å². The number of allylic oxidation sites excluding steroid dienone is 1. The molecule has 1 amide bonds. The van der Waals surface area contributed by atoms with Gasteiger partial charge in [-0.05, 0) is 44.6 Å². The van der Waals surface area contributed by atoms with Crippen molar-refractivity contribution >= 4 is 17.8 Å². The van der Waals surface area contributed by atoms with Gasteiger partial charge in [0.25, 0.3) is 0 Å². The minimum Gasteiger partial charge on any atom is -0.480 e. The molecule has 0 aliphatic heterocycles. The quantitative estimate of drug-likeness (QED) is 0.0400. The van der Waals surface area contributed by atoms with Gasteiger partial charge in [-0.25, -0.2) is 0 Å². The van der Waals surface area contributed by atoms with Crippen molar-refractivity contribution in [3.05, 3.63) is 12.2 Å². The minimum absolute atomic E-state index is 0.0808. The molecule has 270 valence electrons. The van der Waals surface area contributed by atoms with Gasteiger partial charge in [0.1, 0.15) is 12.6 Å². The van der Waals surface area contributed by atoms with E-state index in [1.165, 1.54) is 135 Å². The Bertz CT molecular complexity index is 722. The predicted molar refractivity (Wildman–Crippen MR) is 194 cm³/mol. The first-order valence-corrected chi connectivity index (χ1v) is 19.8. The molecular formula is C40H75NO5. The van der Waals surface area contributed by atoms with Gasteiger partial charge in [-0.3, -0.25) is 14.4 Å². The molecule has 0 rings (SSSR count). The van der Waals surface area contributed by atoms with Crippen LogP contribution in [0.1, 0.15) is 213 Å². The number of carboxylic acids is 1. The zero-order valence-corrected chi connectivity index (χ0v) is 30.4. The summed E-state index contributed by atoms with van der Waals surface area (Å²) >= 11 is 0. The fourth-order valence-electron chi connectivity index (χ4n) is 5.95. The van der Waals surface area contributed by atoms with Gasteiger partial charge in [-0.2, -0.15) is 0 Å². The molecule has 6 nitrogen and oxygen atoms in total. The monoisotopic (exact) mass is 650 g/mol. The molecular weight excluding hydrogens is 574 g/mol. The summed E-state index contributed by atoms with van der Waals surface area (Å²) in [5, 5.41) is 11.0. The molecule has 0 aromatic carbocycles. The number of carboxylic acid groups (broad SMARTS) is 1. The lowest BCUT2D eigenvalue weighted by atomic mass is 10.0. The number of aliphatic carboxylic acids is 1. The van der Waals surface area contributed by atoms with E-state index in [0.29, 0.717) is 12.8 Å². The zero-order chi connectivity index (χ0) is 33.8. The maximum atomic E-state index is 12.6. The smallest absolute Gasteiger partial charge is 0.322 e. The summed E-state index contributed by atoms with van der Waals surface area (Å²) in [4.78, 5) is 34.8. The lowest BCUT2D eigenvalue weighted by Gasteiger charge is -2.15. The maximum absolute atomic E-state index is 12.6. The Morgan fingerprint density at radius 3 is 1.46 bits per heavy atom. The van der Waals surface area contributed by atoms with Gasteiger partial charge in [-0.1, -0.05) is 168 Å². The Kier molecular flexibility index (Phi) is 34.5. The molecule has 46 heavy (non-hydrogen) atoms. The molecule has 6 heteroatoms. The largest absolute Gasteiger partial charge is 0.480 e. The van der Waals surface area contributed by atoms with E-state index in [9.17, 15) is 14.4 Å². The van der Waals surface area contributed by atoms with E-state index < -0.39 is 5.97 Å². The Morgan fingerprint density at radius 1 is 0.565 bits per heavy atom. The van der Waals surface area contributed by atoms with Gasteiger partial charge < -0.3 is 15.2 Å². The number of carbonyl (C=O) groups is 3. The van der Waals surface area contributed by atoms with Crippen LogP contribution < -0.4 is 5.32 Å². The molecule has 0 bridgehead atoms. The number of nitrogens with one attached hydrogen (secondary N) is 1. The molecule has 0 aliphatic carbocycles. The molecule has 1 atom stereocenters. The average molecular weight is 650 g/mol. The molecule has 1 unspecified atom stereocenters.